The van der Waals surface area contributed by atoms with Crippen LogP contribution in [0.3, 0.4) is 0 Å². The summed E-state index contributed by atoms with van der Waals surface area (Å²) in [6.45, 7) is 4.77. The van der Waals surface area contributed by atoms with Gasteiger partial charge in [0.05, 0.1) is 30.0 Å². The van der Waals surface area contributed by atoms with E-state index in [1.54, 1.807) is 30.3 Å². The molecular weight excluding hydrogens is 470 g/mol. The summed E-state index contributed by atoms with van der Waals surface area (Å²) >= 11 is 3.46. The molecule has 0 atom stereocenters. The fraction of sp³-hybridized carbons (Fsp3) is 0.286. The molecule has 0 bridgehead atoms. The van der Waals surface area contributed by atoms with Gasteiger partial charge < -0.3 is 18.8 Å². The Bertz CT molecular complexity index is 1060. The lowest BCUT2D eigenvalue weighted by Crippen LogP contribution is -2.54. The van der Waals surface area contributed by atoms with E-state index < -0.39 is 17.8 Å². The molecule has 0 spiro atoms. The summed E-state index contributed by atoms with van der Waals surface area (Å²) in [6.07, 6.45) is 1.33. The van der Waals surface area contributed by atoms with Crippen molar-refractivity contribution < 1.29 is 28.3 Å². The molecule has 0 unspecified atom stereocenters. The van der Waals surface area contributed by atoms with Crippen molar-refractivity contribution in [2.75, 3.05) is 42.7 Å². The molecule has 162 valence electrons. The van der Waals surface area contributed by atoms with Crippen LogP contribution in [0.25, 0.3) is 6.08 Å². The number of carbonyl (C=O) groups is 3. The second-order valence-corrected chi connectivity index (χ2v) is 7.64. The highest BCUT2D eigenvalue weighted by Crippen LogP contribution is 2.33. The van der Waals surface area contributed by atoms with E-state index in [0.717, 1.165) is 4.90 Å². The highest BCUT2D eigenvalue weighted by Gasteiger charge is 2.37. The third-order valence-electron chi connectivity index (χ3n) is 4.76. The molecule has 2 aromatic rings. The summed E-state index contributed by atoms with van der Waals surface area (Å²) in [7, 11) is 0. The molecule has 4 amide bonds. The number of amides is 4. The van der Waals surface area contributed by atoms with Gasteiger partial charge in [-0.1, -0.05) is 6.07 Å². The van der Waals surface area contributed by atoms with E-state index in [2.05, 4.69) is 21.2 Å². The van der Waals surface area contributed by atoms with Crippen molar-refractivity contribution in [1.82, 2.24) is 5.32 Å². The number of halogens is 1. The number of benzene rings is 1. The minimum Gasteiger partial charge on any atom is -0.494 e. The van der Waals surface area contributed by atoms with Crippen LogP contribution in [-0.4, -0.2) is 50.8 Å². The molecule has 0 aliphatic carbocycles. The maximum absolute atomic E-state index is 13.1. The zero-order valence-electron chi connectivity index (χ0n) is 16.7. The Hall–Kier alpha value is -3.11. The normalized spacial score (nSPS) is 18.5. The quantitative estimate of drug-likeness (QED) is 0.508. The minimum absolute atomic E-state index is 0.212. The Morgan fingerprint density at radius 3 is 2.71 bits per heavy atom. The molecule has 4 rings (SSSR count). The number of hydrogen-bond acceptors (Lipinski definition) is 7. The predicted molar refractivity (Wildman–Crippen MR) is 116 cm³/mol. The molecule has 0 radical (unpaired) electrons. The topological polar surface area (TPSA) is 101 Å². The Morgan fingerprint density at radius 1 is 1.19 bits per heavy atom. The molecule has 1 N–H and O–H groups in total. The van der Waals surface area contributed by atoms with Gasteiger partial charge in [-0.2, -0.15) is 0 Å². The summed E-state index contributed by atoms with van der Waals surface area (Å²) in [5.41, 5.74) is 0.0812. The molecule has 2 fully saturated rings. The standard InChI is InChI=1S/C21H20BrN3O6/c1-2-30-14-5-3-4-13(10-14)25-19(27)16(18(26)23-21(25)28)11-15-12-17(22)20(31-15)24-6-8-29-9-7-24/h3-5,10-12H,2,6-9H2,1H3,(H,23,26,28)/b16-11+. The van der Waals surface area contributed by atoms with Crippen molar-refractivity contribution in [3.8, 4) is 5.75 Å². The largest absolute Gasteiger partial charge is 0.494 e. The number of ether oxygens (including phenoxy) is 2. The number of hydrogen-bond donors (Lipinski definition) is 1. The van der Waals surface area contributed by atoms with Gasteiger partial charge in [-0.05, 0) is 41.1 Å². The Labute approximate surface area is 186 Å². The fourth-order valence-corrected chi connectivity index (χ4v) is 3.90. The Kier molecular flexibility index (Phi) is 6.10. The Morgan fingerprint density at radius 2 is 1.97 bits per heavy atom. The van der Waals surface area contributed by atoms with Crippen LogP contribution < -0.4 is 19.9 Å². The number of carbonyl (C=O) groups excluding carboxylic acids is 3. The molecule has 2 aliphatic heterocycles. The van der Waals surface area contributed by atoms with Crippen molar-refractivity contribution in [2.24, 2.45) is 0 Å². The Balaban J connectivity index is 1.64. The highest BCUT2D eigenvalue weighted by molar-refractivity contribution is 9.10. The number of imide groups is 2. The van der Waals surface area contributed by atoms with Crippen LogP contribution >= 0.6 is 15.9 Å². The van der Waals surface area contributed by atoms with Gasteiger partial charge in [0.2, 0.25) is 5.88 Å². The van der Waals surface area contributed by atoms with Gasteiger partial charge in [-0.15, -0.1) is 0 Å². The van der Waals surface area contributed by atoms with E-state index in [-0.39, 0.29) is 5.57 Å². The van der Waals surface area contributed by atoms with Crippen LogP contribution in [0.15, 0.2) is 44.8 Å². The number of barbiturate groups is 1. The van der Waals surface area contributed by atoms with E-state index >= 15 is 0 Å². The fourth-order valence-electron chi connectivity index (χ4n) is 3.34. The number of morpholine rings is 1. The van der Waals surface area contributed by atoms with Gasteiger partial charge in [0, 0.05) is 25.2 Å². The molecule has 0 saturated carbocycles. The summed E-state index contributed by atoms with van der Waals surface area (Å²) in [5, 5.41) is 2.20. The molecule has 10 heteroatoms. The average molecular weight is 490 g/mol. The van der Waals surface area contributed by atoms with Gasteiger partial charge in [-0.3, -0.25) is 14.9 Å². The molecule has 9 nitrogen and oxygen atoms in total. The summed E-state index contributed by atoms with van der Waals surface area (Å²) in [6, 6.07) is 7.39. The van der Waals surface area contributed by atoms with Gasteiger partial charge in [-0.25, -0.2) is 9.69 Å². The van der Waals surface area contributed by atoms with E-state index in [9.17, 15) is 14.4 Å². The van der Waals surface area contributed by atoms with E-state index in [0.29, 0.717) is 60.5 Å². The molecule has 2 saturated heterocycles. The monoisotopic (exact) mass is 489 g/mol. The first-order valence-electron chi connectivity index (χ1n) is 9.74. The number of anilines is 2. The zero-order chi connectivity index (χ0) is 22.0. The number of rotatable bonds is 5. The molecule has 2 aliphatic rings. The number of urea groups is 1. The lowest BCUT2D eigenvalue weighted by Gasteiger charge is -2.27. The second-order valence-electron chi connectivity index (χ2n) is 6.79. The van der Waals surface area contributed by atoms with Crippen LogP contribution in [0.1, 0.15) is 12.7 Å². The third kappa shape index (κ3) is 4.35. The summed E-state index contributed by atoms with van der Waals surface area (Å²) in [4.78, 5) is 40.8. The number of nitrogens with zero attached hydrogens (tertiary/aromatic N) is 2. The first-order chi connectivity index (χ1) is 15.0. The zero-order valence-corrected chi connectivity index (χ0v) is 18.3. The number of nitrogens with one attached hydrogen (secondary N) is 1. The maximum atomic E-state index is 13.1. The molecule has 31 heavy (non-hydrogen) atoms. The van der Waals surface area contributed by atoms with Crippen LogP contribution in [0.5, 0.6) is 5.75 Å². The number of furan rings is 1. The molecular formula is C21H20BrN3O6. The highest BCUT2D eigenvalue weighted by atomic mass is 79.9. The minimum atomic E-state index is -0.824. The van der Waals surface area contributed by atoms with E-state index in [1.807, 2.05) is 11.8 Å². The summed E-state index contributed by atoms with van der Waals surface area (Å²) in [5.74, 6) is -0.121. The maximum Gasteiger partial charge on any atom is 0.335 e. The van der Waals surface area contributed by atoms with Crippen molar-refractivity contribution >= 4 is 51.4 Å². The van der Waals surface area contributed by atoms with Crippen molar-refractivity contribution in [3.05, 3.63) is 46.1 Å². The van der Waals surface area contributed by atoms with E-state index in [4.69, 9.17) is 13.9 Å². The average Bonchev–Trinajstić information content (AvgIpc) is 3.12. The van der Waals surface area contributed by atoms with Crippen LogP contribution in [0.2, 0.25) is 0 Å². The van der Waals surface area contributed by atoms with E-state index in [1.165, 1.54) is 6.08 Å². The van der Waals surface area contributed by atoms with Gasteiger partial charge >= 0.3 is 6.03 Å². The van der Waals surface area contributed by atoms with Gasteiger partial charge in [0.15, 0.2) is 0 Å². The first kappa shape index (κ1) is 21.1. The van der Waals surface area contributed by atoms with Crippen molar-refractivity contribution in [2.45, 2.75) is 6.92 Å². The summed E-state index contributed by atoms with van der Waals surface area (Å²) < 4.78 is 17.4. The smallest absolute Gasteiger partial charge is 0.335 e. The third-order valence-corrected chi connectivity index (χ3v) is 5.33. The van der Waals surface area contributed by atoms with Crippen molar-refractivity contribution in [3.63, 3.8) is 0 Å². The second kappa shape index (κ2) is 8.94. The predicted octanol–water partition coefficient (Wildman–Crippen LogP) is 2.94. The molecule has 1 aromatic carbocycles. The lowest BCUT2D eigenvalue weighted by molar-refractivity contribution is -0.122. The van der Waals surface area contributed by atoms with Crippen LogP contribution in [0.4, 0.5) is 16.4 Å². The lowest BCUT2D eigenvalue weighted by atomic mass is 10.1. The van der Waals surface area contributed by atoms with Gasteiger partial charge in [0.1, 0.15) is 17.1 Å². The first-order valence-corrected chi connectivity index (χ1v) is 10.5. The molecule has 1 aromatic heterocycles. The van der Waals surface area contributed by atoms with Crippen molar-refractivity contribution in [1.29, 1.82) is 0 Å². The van der Waals surface area contributed by atoms with Gasteiger partial charge in [0.25, 0.3) is 11.8 Å². The molecule has 3 heterocycles. The van der Waals surface area contributed by atoms with Crippen LogP contribution in [-0.2, 0) is 14.3 Å². The van der Waals surface area contributed by atoms with Crippen LogP contribution in [0, 0.1) is 0 Å². The SMILES string of the molecule is CCOc1cccc(N2C(=O)NC(=O)/C(=C\c3cc(Br)c(N4CCOCC4)o3)C2=O)c1.